The van der Waals surface area contributed by atoms with Crippen LogP contribution in [-0.4, -0.2) is 41.4 Å². The van der Waals surface area contributed by atoms with Crippen LogP contribution in [0.2, 0.25) is 0 Å². The molecule has 0 saturated carbocycles. The molecule has 6 nitrogen and oxygen atoms in total. The van der Waals surface area contributed by atoms with E-state index in [-0.39, 0.29) is 11.8 Å². The fourth-order valence-corrected chi connectivity index (χ4v) is 2.92. The Hall–Kier alpha value is -1.98. The first-order valence-corrected chi connectivity index (χ1v) is 7.38. The second-order valence-electron chi connectivity index (χ2n) is 5.97. The molecule has 1 unspecified atom stereocenters. The molecule has 1 aromatic heterocycles. The summed E-state index contributed by atoms with van der Waals surface area (Å²) in [5.74, 6) is -0.0611. The van der Waals surface area contributed by atoms with Crippen molar-refractivity contribution in [3.05, 3.63) is 18.0 Å². The first kappa shape index (κ1) is 15.4. The number of nitrogens with one attached hydrogen (secondary N) is 1. The molecule has 2 amide bonds. The molecule has 0 bridgehead atoms. The van der Waals surface area contributed by atoms with E-state index in [1.165, 1.54) is 0 Å². The van der Waals surface area contributed by atoms with E-state index in [9.17, 15) is 9.59 Å². The number of rotatable bonds is 4. The summed E-state index contributed by atoms with van der Waals surface area (Å²) in [5.41, 5.74) is 6.52. The molecule has 6 heteroatoms. The van der Waals surface area contributed by atoms with E-state index >= 15 is 0 Å². The molecule has 1 aliphatic rings. The van der Waals surface area contributed by atoms with Crippen LogP contribution in [0.5, 0.6) is 0 Å². The van der Waals surface area contributed by atoms with Gasteiger partial charge in [-0.05, 0) is 25.8 Å². The van der Waals surface area contributed by atoms with E-state index in [0.717, 1.165) is 13.0 Å². The number of hydrogen-bond acceptors (Lipinski definition) is 3. The number of aryl methyl sites for hydroxylation is 1. The zero-order valence-corrected chi connectivity index (χ0v) is 13.0. The largest absolute Gasteiger partial charge is 0.397 e. The number of aromatic nitrogens is 1. The van der Waals surface area contributed by atoms with E-state index in [0.29, 0.717) is 30.9 Å². The van der Waals surface area contributed by atoms with Gasteiger partial charge in [0, 0.05) is 32.9 Å². The van der Waals surface area contributed by atoms with Crippen LogP contribution in [0.15, 0.2) is 12.3 Å². The molecular formula is C15H24N4O2. The summed E-state index contributed by atoms with van der Waals surface area (Å²) in [6.07, 6.45) is 3.41. The van der Waals surface area contributed by atoms with Gasteiger partial charge >= 0.3 is 0 Å². The predicted octanol–water partition coefficient (Wildman–Crippen LogP) is 1.08. The quantitative estimate of drug-likeness (QED) is 0.871. The Bertz CT molecular complexity index is 552. The fraction of sp³-hybridized carbons (Fsp3) is 0.600. The Morgan fingerprint density at radius 3 is 2.81 bits per heavy atom. The molecule has 0 aliphatic carbocycles. The summed E-state index contributed by atoms with van der Waals surface area (Å²) in [5, 5.41) is 2.68. The van der Waals surface area contributed by atoms with Gasteiger partial charge in [-0.1, -0.05) is 6.92 Å². The van der Waals surface area contributed by atoms with Gasteiger partial charge in [0.05, 0.1) is 11.1 Å². The number of carbonyl (C=O) groups is 2. The van der Waals surface area contributed by atoms with Crippen molar-refractivity contribution >= 4 is 17.5 Å². The Balaban J connectivity index is 2.17. The Morgan fingerprint density at radius 2 is 2.19 bits per heavy atom. The lowest BCUT2D eigenvalue weighted by atomic mass is 9.89. The van der Waals surface area contributed by atoms with Crippen molar-refractivity contribution in [1.82, 2.24) is 14.8 Å². The minimum absolute atomic E-state index is 0.0127. The molecule has 1 atom stereocenters. The van der Waals surface area contributed by atoms with Gasteiger partial charge in [-0.25, -0.2) is 0 Å². The van der Waals surface area contributed by atoms with Crippen LogP contribution in [0.25, 0.3) is 0 Å². The standard InChI is InChI=1S/C15H24N4O2/c1-4-6-18-9-11(16)8-12(18)13(20)19-7-5-15(2,10-19)14(21)17-3/h8-9H,4-7,10,16H2,1-3H3,(H,17,21). The van der Waals surface area contributed by atoms with Crippen molar-refractivity contribution < 1.29 is 9.59 Å². The number of nitrogens with zero attached hydrogens (tertiary/aromatic N) is 2. The smallest absolute Gasteiger partial charge is 0.270 e. The third kappa shape index (κ3) is 2.89. The highest BCUT2D eigenvalue weighted by molar-refractivity contribution is 5.95. The van der Waals surface area contributed by atoms with Crippen molar-refractivity contribution in [3.63, 3.8) is 0 Å². The van der Waals surface area contributed by atoms with Gasteiger partial charge in [0.25, 0.3) is 5.91 Å². The molecule has 0 radical (unpaired) electrons. The van der Waals surface area contributed by atoms with E-state index in [2.05, 4.69) is 12.2 Å². The Kier molecular flexibility index (Phi) is 4.25. The number of amides is 2. The molecule has 0 aromatic carbocycles. The second kappa shape index (κ2) is 5.79. The molecule has 2 heterocycles. The van der Waals surface area contributed by atoms with Crippen LogP contribution >= 0.6 is 0 Å². The number of likely N-dealkylation sites (tertiary alicyclic amines) is 1. The predicted molar refractivity (Wildman–Crippen MR) is 81.8 cm³/mol. The van der Waals surface area contributed by atoms with Crippen molar-refractivity contribution in [2.75, 3.05) is 25.9 Å². The maximum Gasteiger partial charge on any atom is 0.270 e. The first-order valence-electron chi connectivity index (χ1n) is 7.38. The van der Waals surface area contributed by atoms with Crippen LogP contribution in [0.4, 0.5) is 5.69 Å². The van der Waals surface area contributed by atoms with Crippen LogP contribution in [0.3, 0.4) is 0 Å². The summed E-state index contributed by atoms with van der Waals surface area (Å²) in [7, 11) is 1.63. The second-order valence-corrected chi connectivity index (χ2v) is 5.97. The molecule has 3 N–H and O–H groups in total. The number of nitrogens with two attached hydrogens (primary N) is 1. The molecule has 21 heavy (non-hydrogen) atoms. The lowest BCUT2D eigenvalue weighted by Gasteiger charge is -2.23. The first-order chi connectivity index (χ1) is 9.91. The van der Waals surface area contributed by atoms with Crippen molar-refractivity contribution in [2.24, 2.45) is 5.41 Å². The summed E-state index contributed by atoms with van der Waals surface area (Å²) in [6.45, 7) is 5.77. The third-order valence-electron chi connectivity index (χ3n) is 4.14. The average molecular weight is 292 g/mol. The monoisotopic (exact) mass is 292 g/mol. The minimum atomic E-state index is -0.502. The molecule has 0 spiro atoms. The van der Waals surface area contributed by atoms with Gasteiger partial charge in [-0.3, -0.25) is 9.59 Å². The highest BCUT2D eigenvalue weighted by atomic mass is 16.2. The zero-order valence-electron chi connectivity index (χ0n) is 13.0. The fourth-order valence-electron chi connectivity index (χ4n) is 2.92. The number of carbonyl (C=O) groups excluding carboxylic acids is 2. The SMILES string of the molecule is CCCn1cc(N)cc1C(=O)N1CCC(C)(C(=O)NC)C1. The topological polar surface area (TPSA) is 80.4 Å². The van der Waals surface area contributed by atoms with Gasteiger partial charge in [0.15, 0.2) is 0 Å². The van der Waals surface area contributed by atoms with Gasteiger partial charge < -0.3 is 20.5 Å². The van der Waals surface area contributed by atoms with E-state index in [1.54, 1.807) is 24.2 Å². The Labute approximate surface area is 125 Å². The molecule has 116 valence electrons. The third-order valence-corrected chi connectivity index (χ3v) is 4.14. The van der Waals surface area contributed by atoms with Crippen molar-refractivity contribution in [2.45, 2.75) is 33.2 Å². The highest BCUT2D eigenvalue weighted by Gasteiger charge is 2.42. The summed E-state index contributed by atoms with van der Waals surface area (Å²) < 4.78 is 1.90. The van der Waals surface area contributed by atoms with E-state index < -0.39 is 5.41 Å². The molecule has 1 fully saturated rings. The van der Waals surface area contributed by atoms with Crippen molar-refractivity contribution in [1.29, 1.82) is 0 Å². The summed E-state index contributed by atoms with van der Waals surface area (Å²) in [4.78, 5) is 26.4. The molecule has 1 saturated heterocycles. The van der Waals surface area contributed by atoms with Crippen LogP contribution in [0, 0.1) is 5.41 Å². The van der Waals surface area contributed by atoms with Gasteiger partial charge in [0.1, 0.15) is 5.69 Å². The number of hydrogen-bond donors (Lipinski definition) is 2. The minimum Gasteiger partial charge on any atom is -0.397 e. The van der Waals surface area contributed by atoms with Gasteiger partial charge in [-0.2, -0.15) is 0 Å². The molecule has 2 rings (SSSR count). The summed E-state index contributed by atoms with van der Waals surface area (Å²) in [6, 6.07) is 1.72. The number of nitrogen functional groups attached to an aromatic ring is 1. The lowest BCUT2D eigenvalue weighted by molar-refractivity contribution is -0.128. The maximum atomic E-state index is 12.7. The number of anilines is 1. The zero-order chi connectivity index (χ0) is 15.6. The molecule has 1 aliphatic heterocycles. The van der Waals surface area contributed by atoms with Gasteiger partial charge in [0.2, 0.25) is 5.91 Å². The van der Waals surface area contributed by atoms with Crippen LogP contribution in [-0.2, 0) is 11.3 Å². The molecule has 1 aromatic rings. The van der Waals surface area contributed by atoms with E-state index in [1.807, 2.05) is 11.5 Å². The average Bonchev–Trinajstić information content (AvgIpc) is 3.02. The van der Waals surface area contributed by atoms with Crippen LogP contribution < -0.4 is 11.1 Å². The molecular weight excluding hydrogens is 268 g/mol. The normalized spacial score (nSPS) is 21.6. The highest BCUT2D eigenvalue weighted by Crippen LogP contribution is 2.31. The van der Waals surface area contributed by atoms with Gasteiger partial charge in [-0.15, -0.1) is 0 Å². The Morgan fingerprint density at radius 1 is 1.48 bits per heavy atom. The summed E-state index contributed by atoms with van der Waals surface area (Å²) >= 11 is 0. The maximum absolute atomic E-state index is 12.7. The lowest BCUT2D eigenvalue weighted by Crippen LogP contribution is -2.40. The van der Waals surface area contributed by atoms with Crippen LogP contribution in [0.1, 0.15) is 37.2 Å². The van der Waals surface area contributed by atoms with E-state index in [4.69, 9.17) is 5.73 Å². The van der Waals surface area contributed by atoms with Crippen molar-refractivity contribution in [3.8, 4) is 0 Å².